The standard InChI is InChI=1S/C10H15N3O/c1-2-5-13-7-8(6-12-13)9(14)10(11)3-4-10/h6-7H,2-5,11H2,1H3. The lowest BCUT2D eigenvalue weighted by molar-refractivity contribution is 0.0949. The minimum atomic E-state index is -0.569. The first kappa shape index (κ1) is 9.40. The second-order valence-electron chi connectivity index (χ2n) is 3.98. The second kappa shape index (κ2) is 3.20. The maximum absolute atomic E-state index is 11.8. The average molecular weight is 193 g/mol. The largest absolute Gasteiger partial charge is 0.319 e. The van der Waals surface area contributed by atoms with Gasteiger partial charge in [-0.05, 0) is 19.3 Å². The highest BCUT2D eigenvalue weighted by atomic mass is 16.1. The fraction of sp³-hybridized carbons (Fsp3) is 0.600. The predicted octanol–water partition coefficient (Wildman–Crippen LogP) is 0.967. The van der Waals surface area contributed by atoms with Gasteiger partial charge in [0.15, 0.2) is 5.78 Å². The van der Waals surface area contributed by atoms with E-state index >= 15 is 0 Å². The van der Waals surface area contributed by atoms with Crippen LogP contribution >= 0.6 is 0 Å². The number of nitrogens with two attached hydrogens (primary N) is 1. The van der Waals surface area contributed by atoms with Crippen LogP contribution in [0, 0.1) is 0 Å². The molecule has 0 amide bonds. The van der Waals surface area contributed by atoms with Gasteiger partial charge in [-0.3, -0.25) is 9.48 Å². The third-order valence-corrected chi connectivity index (χ3v) is 2.59. The summed E-state index contributed by atoms with van der Waals surface area (Å²) in [4.78, 5) is 11.8. The Morgan fingerprint density at radius 2 is 2.43 bits per heavy atom. The van der Waals surface area contributed by atoms with Crippen LogP contribution in [0.3, 0.4) is 0 Å². The summed E-state index contributed by atoms with van der Waals surface area (Å²) >= 11 is 0. The molecule has 2 N–H and O–H groups in total. The van der Waals surface area contributed by atoms with Crippen LogP contribution in [0.4, 0.5) is 0 Å². The van der Waals surface area contributed by atoms with Crippen LogP contribution in [0.2, 0.25) is 0 Å². The number of hydrogen-bond acceptors (Lipinski definition) is 3. The lowest BCUT2D eigenvalue weighted by atomic mass is 10.1. The van der Waals surface area contributed by atoms with Crippen LogP contribution < -0.4 is 5.73 Å². The quantitative estimate of drug-likeness (QED) is 0.725. The van der Waals surface area contributed by atoms with Gasteiger partial charge in [-0.15, -0.1) is 0 Å². The fourth-order valence-electron chi connectivity index (χ4n) is 1.48. The lowest BCUT2D eigenvalue weighted by Crippen LogP contribution is -2.32. The van der Waals surface area contributed by atoms with E-state index in [1.54, 1.807) is 17.1 Å². The van der Waals surface area contributed by atoms with Crippen LogP contribution in [-0.4, -0.2) is 21.1 Å². The van der Waals surface area contributed by atoms with Gasteiger partial charge >= 0.3 is 0 Å². The molecule has 1 aliphatic carbocycles. The highest BCUT2D eigenvalue weighted by molar-refractivity contribution is 6.04. The molecule has 0 atom stereocenters. The molecule has 1 fully saturated rings. The molecule has 4 nitrogen and oxygen atoms in total. The number of nitrogens with zero attached hydrogens (tertiary/aromatic N) is 2. The van der Waals surface area contributed by atoms with Crippen molar-refractivity contribution in [3.8, 4) is 0 Å². The summed E-state index contributed by atoms with van der Waals surface area (Å²) in [7, 11) is 0. The number of carbonyl (C=O) groups is 1. The summed E-state index contributed by atoms with van der Waals surface area (Å²) in [5.74, 6) is 0.0415. The van der Waals surface area contributed by atoms with E-state index in [1.807, 2.05) is 0 Å². The number of aryl methyl sites for hydroxylation is 1. The normalized spacial score (nSPS) is 18.1. The summed E-state index contributed by atoms with van der Waals surface area (Å²) in [6.07, 6.45) is 6.04. The third kappa shape index (κ3) is 1.57. The number of Topliss-reactive ketones (excluding diaryl/α,β-unsaturated/α-hetero) is 1. The van der Waals surface area contributed by atoms with Gasteiger partial charge in [0.25, 0.3) is 0 Å². The van der Waals surface area contributed by atoms with E-state index in [4.69, 9.17) is 5.73 Å². The molecule has 14 heavy (non-hydrogen) atoms. The van der Waals surface area contributed by atoms with Gasteiger partial charge < -0.3 is 5.73 Å². The molecule has 0 aliphatic heterocycles. The van der Waals surface area contributed by atoms with E-state index in [-0.39, 0.29) is 5.78 Å². The summed E-state index contributed by atoms with van der Waals surface area (Å²) in [5, 5.41) is 4.11. The molecule has 0 saturated heterocycles. The molecular weight excluding hydrogens is 178 g/mol. The van der Waals surface area contributed by atoms with Gasteiger partial charge in [-0.2, -0.15) is 5.10 Å². The first-order valence-corrected chi connectivity index (χ1v) is 5.02. The van der Waals surface area contributed by atoms with Crippen LogP contribution in [-0.2, 0) is 6.54 Å². The zero-order valence-electron chi connectivity index (χ0n) is 8.36. The van der Waals surface area contributed by atoms with E-state index < -0.39 is 5.54 Å². The number of ketones is 1. The highest BCUT2D eigenvalue weighted by Crippen LogP contribution is 2.35. The average Bonchev–Trinajstić information content (AvgIpc) is 2.76. The Labute approximate surface area is 83.1 Å². The molecule has 1 aromatic heterocycles. The Hall–Kier alpha value is -1.16. The summed E-state index contributed by atoms with van der Waals surface area (Å²) < 4.78 is 1.79. The van der Waals surface area contributed by atoms with Crippen LogP contribution in [0.1, 0.15) is 36.5 Å². The Bertz CT molecular complexity index is 352. The van der Waals surface area contributed by atoms with Crippen molar-refractivity contribution in [1.82, 2.24) is 9.78 Å². The monoisotopic (exact) mass is 193 g/mol. The van der Waals surface area contributed by atoms with Crippen LogP contribution in [0.15, 0.2) is 12.4 Å². The SMILES string of the molecule is CCCn1cc(C(=O)C2(N)CC2)cn1. The minimum Gasteiger partial charge on any atom is -0.319 e. The van der Waals surface area contributed by atoms with E-state index in [0.29, 0.717) is 5.56 Å². The molecule has 0 aromatic carbocycles. The van der Waals surface area contributed by atoms with Gasteiger partial charge in [0.2, 0.25) is 0 Å². The van der Waals surface area contributed by atoms with Crippen molar-refractivity contribution in [2.24, 2.45) is 5.73 Å². The maximum Gasteiger partial charge on any atom is 0.185 e. The molecule has 0 unspecified atom stereocenters. The number of rotatable bonds is 4. The van der Waals surface area contributed by atoms with E-state index in [0.717, 1.165) is 25.8 Å². The van der Waals surface area contributed by atoms with Crippen molar-refractivity contribution in [3.05, 3.63) is 18.0 Å². The van der Waals surface area contributed by atoms with Crippen LogP contribution in [0.5, 0.6) is 0 Å². The fourth-order valence-corrected chi connectivity index (χ4v) is 1.48. The van der Waals surface area contributed by atoms with Crippen molar-refractivity contribution >= 4 is 5.78 Å². The Balaban J connectivity index is 2.12. The van der Waals surface area contributed by atoms with Gasteiger partial charge in [-0.1, -0.05) is 6.92 Å². The van der Waals surface area contributed by atoms with Crippen molar-refractivity contribution in [2.75, 3.05) is 0 Å². The molecule has 2 rings (SSSR count). The van der Waals surface area contributed by atoms with Gasteiger partial charge in [-0.25, -0.2) is 0 Å². The van der Waals surface area contributed by atoms with Crippen molar-refractivity contribution in [2.45, 2.75) is 38.3 Å². The Kier molecular flexibility index (Phi) is 2.15. The van der Waals surface area contributed by atoms with Gasteiger partial charge in [0.1, 0.15) is 0 Å². The van der Waals surface area contributed by atoms with E-state index in [9.17, 15) is 4.79 Å². The molecule has 0 radical (unpaired) electrons. The molecule has 76 valence electrons. The first-order chi connectivity index (χ1) is 6.65. The smallest absolute Gasteiger partial charge is 0.185 e. The predicted molar refractivity (Wildman–Crippen MR) is 53.0 cm³/mol. The summed E-state index contributed by atoms with van der Waals surface area (Å²) in [6.45, 7) is 2.93. The van der Waals surface area contributed by atoms with Gasteiger partial charge in [0.05, 0.1) is 17.3 Å². The topological polar surface area (TPSA) is 60.9 Å². The first-order valence-electron chi connectivity index (χ1n) is 5.02. The summed E-state index contributed by atoms with van der Waals surface area (Å²) in [5.41, 5.74) is 5.90. The molecular formula is C10H15N3O. The second-order valence-corrected chi connectivity index (χ2v) is 3.98. The van der Waals surface area contributed by atoms with Crippen molar-refractivity contribution in [1.29, 1.82) is 0 Å². The van der Waals surface area contributed by atoms with Crippen LogP contribution in [0.25, 0.3) is 0 Å². The molecule has 1 aromatic rings. The van der Waals surface area contributed by atoms with E-state index in [1.165, 1.54) is 0 Å². The number of hydrogen-bond donors (Lipinski definition) is 1. The molecule has 4 heteroatoms. The molecule has 0 spiro atoms. The zero-order valence-corrected chi connectivity index (χ0v) is 8.36. The zero-order chi connectivity index (χ0) is 10.2. The maximum atomic E-state index is 11.8. The summed E-state index contributed by atoms with van der Waals surface area (Å²) in [6, 6.07) is 0. The molecule has 0 bridgehead atoms. The Morgan fingerprint density at radius 1 is 1.71 bits per heavy atom. The highest BCUT2D eigenvalue weighted by Gasteiger charge is 2.46. The third-order valence-electron chi connectivity index (χ3n) is 2.59. The van der Waals surface area contributed by atoms with Crippen molar-refractivity contribution in [3.63, 3.8) is 0 Å². The Morgan fingerprint density at radius 3 is 3.00 bits per heavy atom. The lowest BCUT2D eigenvalue weighted by Gasteiger charge is -2.03. The number of aromatic nitrogens is 2. The van der Waals surface area contributed by atoms with Gasteiger partial charge in [0, 0.05) is 12.7 Å². The number of carbonyl (C=O) groups excluding carboxylic acids is 1. The molecule has 1 saturated carbocycles. The van der Waals surface area contributed by atoms with Crippen molar-refractivity contribution < 1.29 is 4.79 Å². The minimum absolute atomic E-state index is 0.0415. The van der Waals surface area contributed by atoms with E-state index in [2.05, 4.69) is 12.0 Å². The molecule has 1 heterocycles. The molecule has 1 aliphatic rings.